The number of hydrogen-bond acceptors (Lipinski definition) is 6. The SMILES string of the molecule is COc1ccc([C@H](c2nnnn2C2CCCCC2)N2CCN(C3CCCCC3)CC2)cc1. The van der Waals surface area contributed by atoms with Gasteiger partial charge in [0, 0.05) is 32.2 Å². The van der Waals surface area contributed by atoms with Gasteiger partial charge in [0.25, 0.3) is 0 Å². The van der Waals surface area contributed by atoms with Crippen LogP contribution in [0.2, 0.25) is 0 Å². The van der Waals surface area contributed by atoms with Crippen LogP contribution in [0.5, 0.6) is 5.75 Å². The van der Waals surface area contributed by atoms with Crippen LogP contribution in [0.1, 0.15) is 87.7 Å². The van der Waals surface area contributed by atoms with Crippen molar-refractivity contribution in [2.75, 3.05) is 33.3 Å². The van der Waals surface area contributed by atoms with Crippen LogP contribution < -0.4 is 4.74 Å². The predicted molar refractivity (Wildman–Crippen MR) is 125 cm³/mol. The molecule has 0 amide bonds. The summed E-state index contributed by atoms with van der Waals surface area (Å²) in [6, 6.07) is 9.82. The molecular formula is C25H38N6O. The van der Waals surface area contributed by atoms with Gasteiger partial charge in [-0.1, -0.05) is 50.7 Å². The van der Waals surface area contributed by atoms with Crippen LogP contribution in [0.4, 0.5) is 0 Å². The van der Waals surface area contributed by atoms with E-state index in [2.05, 4.69) is 54.3 Å². The summed E-state index contributed by atoms with van der Waals surface area (Å²) in [6.45, 7) is 4.40. The first-order valence-corrected chi connectivity index (χ1v) is 12.7. The van der Waals surface area contributed by atoms with E-state index in [0.29, 0.717) is 6.04 Å². The van der Waals surface area contributed by atoms with Gasteiger partial charge in [-0.3, -0.25) is 9.80 Å². The molecule has 0 unspecified atom stereocenters. The summed E-state index contributed by atoms with van der Waals surface area (Å²) in [6.07, 6.45) is 13.2. The number of aromatic nitrogens is 4. The Kier molecular flexibility index (Phi) is 7.03. The molecule has 1 aliphatic heterocycles. The van der Waals surface area contributed by atoms with Gasteiger partial charge in [0.05, 0.1) is 19.2 Å². The van der Waals surface area contributed by atoms with E-state index in [4.69, 9.17) is 4.74 Å². The standard InChI is InChI=1S/C25H38N6O/c1-32-23-14-12-20(13-15-23)24(25-26-27-28-31(25)22-10-6-3-7-11-22)30-18-16-29(17-19-30)21-8-4-2-5-9-21/h12-15,21-22,24H,2-11,16-19H2,1H3/t24-/m1/s1. The number of hydrogen-bond donors (Lipinski definition) is 0. The van der Waals surface area contributed by atoms with E-state index < -0.39 is 0 Å². The van der Waals surface area contributed by atoms with Crippen molar-refractivity contribution in [3.05, 3.63) is 35.7 Å². The van der Waals surface area contributed by atoms with Gasteiger partial charge in [0.1, 0.15) is 5.75 Å². The molecule has 0 bridgehead atoms. The fourth-order valence-corrected chi connectivity index (χ4v) is 6.08. The van der Waals surface area contributed by atoms with Gasteiger partial charge in [-0.2, -0.15) is 0 Å². The molecule has 2 aromatic rings. The molecule has 174 valence electrons. The van der Waals surface area contributed by atoms with Crippen molar-refractivity contribution >= 4 is 0 Å². The Hall–Kier alpha value is -1.99. The highest BCUT2D eigenvalue weighted by molar-refractivity contribution is 5.32. The molecule has 7 heteroatoms. The zero-order valence-corrected chi connectivity index (χ0v) is 19.5. The van der Waals surface area contributed by atoms with E-state index in [1.54, 1.807) is 7.11 Å². The molecule has 3 aliphatic rings. The number of nitrogens with zero attached hydrogens (tertiary/aromatic N) is 6. The van der Waals surface area contributed by atoms with Gasteiger partial charge in [0.2, 0.25) is 0 Å². The highest BCUT2D eigenvalue weighted by atomic mass is 16.5. The molecule has 0 spiro atoms. The average Bonchev–Trinajstić information content (AvgIpc) is 3.35. The largest absolute Gasteiger partial charge is 0.497 e. The molecule has 1 aromatic heterocycles. The van der Waals surface area contributed by atoms with E-state index in [9.17, 15) is 0 Å². The molecule has 0 radical (unpaired) electrons. The number of ether oxygens (including phenoxy) is 1. The number of tetrazole rings is 1. The lowest BCUT2D eigenvalue weighted by atomic mass is 9.93. The van der Waals surface area contributed by atoms with Crippen molar-refractivity contribution in [3.8, 4) is 5.75 Å². The second kappa shape index (κ2) is 10.3. The number of benzene rings is 1. The number of methoxy groups -OCH3 is 1. The van der Waals surface area contributed by atoms with Crippen LogP contribution in [0.3, 0.4) is 0 Å². The van der Waals surface area contributed by atoms with Crippen molar-refractivity contribution in [2.24, 2.45) is 0 Å². The zero-order valence-electron chi connectivity index (χ0n) is 19.5. The van der Waals surface area contributed by atoms with Crippen LogP contribution in [0.25, 0.3) is 0 Å². The molecule has 1 aromatic carbocycles. The maximum Gasteiger partial charge on any atom is 0.173 e. The van der Waals surface area contributed by atoms with Gasteiger partial charge in [0.15, 0.2) is 5.82 Å². The molecular weight excluding hydrogens is 400 g/mol. The first kappa shape index (κ1) is 21.8. The quantitative estimate of drug-likeness (QED) is 0.673. The maximum atomic E-state index is 5.42. The Bertz CT molecular complexity index is 832. The number of piperazine rings is 1. The predicted octanol–water partition coefficient (Wildman–Crippen LogP) is 4.23. The van der Waals surface area contributed by atoms with Crippen molar-refractivity contribution in [2.45, 2.75) is 82.3 Å². The van der Waals surface area contributed by atoms with E-state index in [-0.39, 0.29) is 6.04 Å². The highest BCUT2D eigenvalue weighted by Crippen LogP contribution is 2.35. The first-order valence-electron chi connectivity index (χ1n) is 12.7. The minimum Gasteiger partial charge on any atom is -0.497 e. The fraction of sp³-hybridized carbons (Fsp3) is 0.720. The van der Waals surface area contributed by atoms with Gasteiger partial charge in [-0.25, -0.2) is 4.68 Å². The summed E-state index contributed by atoms with van der Waals surface area (Å²) in [7, 11) is 1.72. The van der Waals surface area contributed by atoms with Crippen LogP contribution in [-0.4, -0.2) is 69.3 Å². The molecule has 5 rings (SSSR count). The first-order chi connectivity index (χ1) is 15.8. The Morgan fingerprint density at radius 1 is 0.812 bits per heavy atom. The van der Waals surface area contributed by atoms with Crippen LogP contribution in [-0.2, 0) is 0 Å². The van der Waals surface area contributed by atoms with Gasteiger partial charge < -0.3 is 4.74 Å². The van der Waals surface area contributed by atoms with Gasteiger partial charge in [-0.05, 0) is 53.8 Å². The fourth-order valence-electron chi connectivity index (χ4n) is 6.08. The molecule has 7 nitrogen and oxygen atoms in total. The topological polar surface area (TPSA) is 59.3 Å². The number of rotatable bonds is 6. The minimum atomic E-state index is 0.0892. The van der Waals surface area contributed by atoms with Gasteiger partial charge in [-0.15, -0.1) is 5.10 Å². The lowest BCUT2D eigenvalue weighted by Gasteiger charge is -2.43. The summed E-state index contributed by atoms with van der Waals surface area (Å²) < 4.78 is 7.57. The van der Waals surface area contributed by atoms with Crippen molar-refractivity contribution in [3.63, 3.8) is 0 Å². The summed E-state index contributed by atoms with van der Waals surface area (Å²) in [5, 5.41) is 13.3. The third-order valence-electron chi connectivity index (χ3n) is 7.92. The molecule has 2 heterocycles. The minimum absolute atomic E-state index is 0.0892. The van der Waals surface area contributed by atoms with Crippen molar-refractivity contribution in [1.29, 1.82) is 0 Å². The molecule has 0 N–H and O–H groups in total. The van der Waals surface area contributed by atoms with Crippen LogP contribution in [0, 0.1) is 0 Å². The lowest BCUT2D eigenvalue weighted by Crippen LogP contribution is -2.52. The van der Waals surface area contributed by atoms with Crippen LogP contribution >= 0.6 is 0 Å². The van der Waals surface area contributed by atoms with Crippen LogP contribution in [0.15, 0.2) is 24.3 Å². The average molecular weight is 439 g/mol. The van der Waals surface area contributed by atoms with Crippen molar-refractivity contribution < 1.29 is 4.74 Å². The lowest BCUT2D eigenvalue weighted by molar-refractivity contribution is 0.0612. The smallest absolute Gasteiger partial charge is 0.173 e. The summed E-state index contributed by atoms with van der Waals surface area (Å²) >= 11 is 0. The molecule has 32 heavy (non-hydrogen) atoms. The van der Waals surface area contributed by atoms with E-state index in [1.165, 1.54) is 69.8 Å². The highest BCUT2D eigenvalue weighted by Gasteiger charge is 2.34. The van der Waals surface area contributed by atoms with Crippen molar-refractivity contribution in [1.82, 2.24) is 30.0 Å². The van der Waals surface area contributed by atoms with E-state index in [0.717, 1.165) is 43.8 Å². The Balaban J connectivity index is 1.39. The summed E-state index contributed by atoms with van der Waals surface area (Å²) in [5.41, 5.74) is 1.25. The molecule has 2 saturated carbocycles. The summed E-state index contributed by atoms with van der Waals surface area (Å²) in [5.74, 6) is 1.90. The molecule has 3 fully saturated rings. The second-order valence-corrected chi connectivity index (χ2v) is 9.81. The Morgan fingerprint density at radius 3 is 2.06 bits per heavy atom. The third-order valence-corrected chi connectivity index (χ3v) is 7.92. The van der Waals surface area contributed by atoms with Gasteiger partial charge >= 0.3 is 0 Å². The second-order valence-electron chi connectivity index (χ2n) is 9.81. The normalized spacial score (nSPS) is 23.3. The molecule has 2 aliphatic carbocycles. The Morgan fingerprint density at radius 2 is 1.44 bits per heavy atom. The monoisotopic (exact) mass is 438 g/mol. The molecule has 1 saturated heterocycles. The summed E-state index contributed by atoms with van der Waals surface area (Å²) in [4.78, 5) is 5.34. The maximum absolute atomic E-state index is 5.42. The Labute approximate surface area is 192 Å². The zero-order chi connectivity index (χ0) is 21.8. The van der Waals surface area contributed by atoms with E-state index in [1.807, 2.05) is 0 Å². The van der Waals surface area contributed by atoms with E-state index >= 15 is 0 Å². The molecule has 1 atom stereocenters. The third kappa shape index (κ3) is 4.69.